The van der Waals surface area contributed by atoms with Gasteiger partial charge in [0, 0.05) is 12.1 Å². The lowest BCUT2D eigenvalue weighted by Gasteiger charge is -2.16. The third-order valence-electron chi connectivity index (χ3n) is 3.55. The van der Waals surface area contributed by atoms with Crippen molar-refractivity contribution in [2.24, 2.45) is 0 Å². The predicted molar refractivity (Wildman–Crippen MR) is 90.3 cm³/mol. The van der Waals surface area contributed by atoms with Crippen molar-refractivity contribution < 1.29 is 24.9 Å². The van der Waals surface area contributed by atoms with Crippen molar-refractivity contribution in [3.8, 4) is 17.2 Å². The van der Waals surface area contributed by atoms with Crippen molar-refractivity contribution in [2.75, 3.05) is 12.4 Å². The molecule has 0 bridgehead atoms. The third kappa shape index (κ3) is 4.05. The number of ether oxygens (including phenoxy) is 1. The Labute approximate surface area is 139 Å². The highest BCUT2D eigenvalue weighted by molar-refractivity contribution is 5.99. The number of anilines is 1. The summed E-state index contributed by atoms with van der Waals surface area (Å²) in [5, 5.41) is 32.0. The van der Waals surface area contributed by atoms with Gasteiger partial charge in [0.25, 0.3) is 0 Å². The number of phenols is 2. The summed E-state index contributed by atoms with van der Waals surface area (Å²) < 4.78 is 5.18. The number of aromatic hydroxyl groups is 2. The zero-order valence-corrected chi connectivity index (χ0v) is 13.2. The number of hydrogen-bond donors (Lipinski definition) is 4. The minimum Gasteiger partial charge on any atom is -0.504 e. The Morgan fingerprint density at radius 2 is 2.00 bits per heavy atom. The number of nitrogens with one attached hydrogen (secondary N) is 1. The van der Waals surface area contributed by atoms with E-state index in [1.807, 2.05) is 0 Å². The van der Waals surface area contributed by atoms with Gasteiger partial charge in [0.2, 0.25) is 5.91 Å². The Hall–Kier alpha value is -2.99. The summed E-state index contributed by atoms with van der Waals surface area (Å²) in [6.07, 6.45) is 0.388. The van der Waals surface area contributed by atoms with Gasteiger partial charge in [-0.1, -0.05) is 12.6 Å². The topological polar surface area (TPSA) is 99.0 Å². The first-order valence-electron chi connectivity index (χ1n) is 7.25. The monoisotopic (exact) mass is 329 g/mol. The largest absolute Gasteiger partial charge is 0.504 e. The van der Waals surface area contributed by atoms with E-state index in [2.05, 4.69) is 11.9 Å². The summed E-state index contributed by atoms with van der Waals surface area (Å²) >= 11 is 0. The maximum absolute atomic E-state index is 11.5. The second-order valence-corrected chi connectivity index (χ2v) is 5.18. The number of rotatable bonds is 6. The molecule has 6 heteroatoms. The van der Waals surface area contributed by atoms with Crippen LogP contribution in [0.25, 0.3) is 0 Å². The number of aliphatic hydroxyl groups is 1. The molecule has 0 saturated heterocycles. The molecule has 0 aromatic heterocycles. The van der Waals surface area contributed by atoms with Crippen LogP contribution in [0.1, 0.15) is 17.2 Å². The summed E-state index contributed by atoms with van der Waals surface area (Å²) in [6, 6.07) is 9.20. The van der Waals surface area contributed by atoms with Crippen LogP contribution in [0.5, 0.6) is 17.2 Å². The van der Waals surface area contributed by atoms with Crippen LogP contribution in [0, 0.1) is 0 Å². The van der Waals surface area contributed by atoms with Crippen LogP contribution in [0.2, 0.25) is 0 Å². The Kier molecular flexibility index (Phi) is 5.44. The maximum Gasteiger partial charge on any atom is 0.247 e. The average molecular weight is 329 g/mol. The lowest BCUT2D eigenvalue weighted by atomic mass is 9.99. The van der Waals surface area contributed by atoms with Gasteiger partial charge in [-0.25, -0.2) is 0 Å². The number of carbonyl (C=O) groups excluding carboxylic acids is 1. The molecule has 126 valence electrons. The first kappa shape index (κ1) is 17.4. The molecular weight excluding hydrogens is 310 g/mol. The van der Waals surface area contributed by atoms with Gasteiger partial charge in [0.05, 0.1) is 13.2 Å². The molecule has 0 heterocycles. The summed E-state index contributed by atoms with van der Waals surface area (Å²) in [7, 11) is 1.52. The van der Waals surface area contributed by atoms with Crippen LogP contribution >= 0.6 is 0 Å². The molecule has 1 unspecified atom stereocenters. The van der Waals surface area contributed by atoms with Crippen molar-refractivity contribution in [1.29, 1.82) is 0 Å². The zero-order chi connectivity index (χ0) is 17.7. The molecule has 0 aliphatic carbocycles. The SMILES string of the molecule is C=CC(=O)Nc1ccc(OC)cc1CC(O)c1ccc(O)c(O)c1. The Balaban J connectivity index is 2.29. The predicted octanol–water partition coefficient (Wildman–Crippen LogP) is 2.51. The maximum atomic E-state index is 11.5. The van der Waals surface area contributed by atoms with Crippen molar-refractivity contribution in [1.82, 2.24) is 0 Å². The van der Waals surface area contributed by atoms with E-state index in [1.165, 1.54) is 25.3 Å². The number of phenolic OH excluding ortho intramolecular Hbond substituents is 2. The fraction of sp³-hybridized carbons (Fsp3) is 0.167. The van der Waals surface area contributed by atoms with Gasteiger partial charge in [-0.15, -0.1) is 0 Å². The average Bonchev–Trinajstić information content (AvgIpc) is 2.58. The standard InChI is InChI=1S/C18H19NO5/c1-3-18(23)19-14-6-5-13(24-2)8-12(14)10-16(21)11-4-7-15(20)17(22)9-11/h3-9,16,20-22H,1,10H2,2H3,(H,19,23). The second-order valence-electron chi connectivity index (χ2n) is 5.18. The Bertz CT molecular complexity index is 757. The normalized spacial score (nSPS) is 11.6. The number of methoxy groups -OCH3 is 1. The van der Waals surface area contributed by atoms with E-state index in [-0.39, 0.29) is 23.8 Å². The second kappa shape index (κ2) is 7.52. The van der Waals surface area contributed by atoms with E-state index in [1.54, 1.807) is 18.2 Å². The molecule has 0 spiro atoms. The highest BCUT2D eigenvalue weighted by atomic mass is 16.5. The van der Waals surface area contributed by atoms with Crippen LogP contribution in [-0.4, -0.2) is 28.3 Å². The van der Waals surface area contributed by atoms with Crippen LogP contribution < -0.4 is 10.1 Å². The van der Waals surface area contributed by atoms with Gasteiger partial charge in [0.15, 0.2) is 11.5 Å². The van der Waals surface area contributed by atoms with E-state index in [0.29, 0.717) is 22.6 Å². The van der Waals surface area contributed by atoms with E-state index in [9.17, 15) is 20.1 Å². The Morgan fingerprint density at radius 1 is 1.25 bits per heavy atom. The fourth-order valence-electron chi connectivity index (χ4n) is 2.25. The molecular formula is C18H19NO5. The molecule has 0 aliphatic rings. The van der Waals surface area contributed by atoms with Crippen molar-refractivity contribution in [3.63, 3.8) is 0 Å². The van der Waals surface area contributed by atoms with E-state index in [4.69, 9.17) is 4.74 Å². The van der Waals surface area contributed by atoms with Crippen LogP contribution in [0.4, 0.5) is 5.69 Å². The van der Waals surface area contributed by atoms with E-state index in [0.717, 1.165) is 6.08 Å². The molecule has 1 atom stereocenters. The lowest BCUT2D eigenvalue weighted by Crippen LogP contribution is -2.11. The first-order valence-corrected chi connectivity index (χ1v) is 7.25. The molecule has 0 radical (unpaired) electrons. The third-order valence-corrected chi connectivity index (χ3v) is 3.55. The summed E-state index contributed by atoms with van der Waals surface area (Å²) in [4.78, 5) is 11.5. The van der Waals surface area contributed by atoms with Gasteiger partial charge in [0.1, 0.15) is 5.75 Å². The van der Waals surface area contributed by atoms with Gasteiger partial charge >= 0.3 is 0 Å². The highest BCUT2D eigenvalue weighted by Gasteiger charge is 2.15. The van der Waals surface area contributed by atoms with Crippen LogP contribution in [-0.2, 0) is 11.2 Å². The lowest BCUT2D eigenvalue weighted by molar-refractivity contribution is -0.111. The highest BCUT2D eigenvalue weighted by Crippen LogP contribution is 2.31. The van der Waals surface area contributed by atoms with Gasteiger partial charge in [-0.05, 0) is 47.5 Å². The Morgan fingerprint density at radius 3 is 2.62 bits per heavy atom. The van der Waals surface area contributed by atoms with Crippen LogP contribution in [0.15, 0.2) is 49.1 Å². The molecule has 0 saturated carbocycles. The molecule has 1 amide bonds. The van der Waals surface area contributed by atoms with Crippen LogP contribution in [0.3, 0.4) is 0 Å². The van der Waals surface area contributed by atoms with E-state index >= 15 is 0 Å². The number of benzene rings is 2. The molecule has 24 heavy (non-hydrogen) atoms. The summed E-state index contributed by atoms with van der Waals surface area (Å²) in [5.74, 6) is -0.343. The molecule has 4 N–H and O–H groups in total. The summed E-state index contributed by atoms with van der Waals surface area (Å²) in [6.45, 7) is 3.41. The minimum atomic E-state index is -0.942. The van der Waals surface area contributed by atoms with Gasteiger partial charge < -0.3 is 25.4 Å². The quantitative estimate of drug-likeness (QED) is 0.482. The fourth-order valence-corrected chi connectivity index (χ4v) is 2.25. The molecule has 2 aromatic carbocycles. The number of amides is 1. The van der Waals surface area contributed by atoms with Gasteiger partial charge in [-0.2, -0.15) is 0 Å². The first-order chi connectivity index (χ1) is 11.4. The smallest absolute Gasteiger partial charge is 0.247 e. The molecule has 2 aromatic rings. The van der Waals surface area contributed by atoms with Crippen molar-refractivity contribution >= 4 is 11.6 Å². The minimum absolute atomic E-state index is 0.175. The summed E-state index contributed by atoms with van der Waals surface area (Å²) in [5.41, 5.74) is 1.63. The molecule has 2 rings (SSSR count). The molecule has 0 aliphatic heterocycles. The van der Waals surface area contributed by atoms with Gasteiger partial charge in [-0.3, -0.25) is 4.79 Å². The number of aliphatic hydroxyl groups excluding tert-OH is 1. The van der Waals surface area contributed by atoms with Crippen molar-refractivity contribution in [2.45, 2.75) is 12.5 Å². The molecule has 6 nitrogen and oxygen atoms in total. The van der Waals surface area contributed by atoms with E-state index < -0.39 is 6.10 Å². The van der Waals surface area contributed by atoms with Crippen molar-refractivity contribution in [3.05, 3.63) is 60.2 Å². The zero-order valence-electron chi connectivity index (χ0n) is 13.2. The number of carbonyl (C=O) groups is 1. The molecule has 0 fully saturated rings. The number of hydrogen-bond acceptors (Lipinski definition) is 5.